The second-order valence-corrected chi connectivity index (χ2v) is 6.46. The summed E-state index contributed by atoms with van der Waals surface area (Å²) >= 11 is 0. The summed E-state index contributed by atoms with van der Waals surface area (Å²) in [6, 6.07) is 3.89. The van der Waals surface area contributed by atoms with Crippen molar-refractivity contribution in [3.05, 3.63) is 35.9 Å². The monoisotopic (exact) mass is 364 g/mol. The van der Waals surface area contributed by atoms with Gasteiger partial charge in [0.05, 0.1) is 26.5 Å². The number of amides is 1. The quantitative estimate of drug-likeness (QED) is 0.649. The van der Waals surface area contributed by atoms with Gasteiger partial charge in [0.1, 0.15) is 0 Å². The Labute approximate surface area is 155 Å². The summed E-state index contributed by atoms with van der Waals surface area (Å²) in [5, 5.41) is 3.01. The van der Waals surface area contributed by atoms with Crippen LogP contribution in [0.4, 0.5) is 4.39 Å². The highest BCUT2D eigenvalue weighted by atomic mass is 19.1. The summed E-state index contributed by atoms with van der Waals surface area (Å²) in [7, 11) is 3.04. The van der Waals surface area contributed by atoms with Gasteiger partial charge in [0.15, 0.2) is 11.5 Å². The van der Waals surface area contributed by atoms with Crippen LogP contribution in [0.3, 0.4) is 0 Å². The smallest absolute Gasteiger partial charge is 0.255 e. The van der Waals surface area contributed by atoms with Gasteiger partial charge in [-0.25, -0.2) is 0 Å². The van der Waals surface area contributed by atoms with Crippen molar-refractivity contribution in [3.63, 3.8) is 0 Å². The van der Waals surface area contributed by atoms with E-state index >= 15 is 0 Å². The predicted octanol–water partition coefficient (Wildman–Crippen LogP) is 2.99. The van der Waals surface area contributed by atoms with Crippen LogP contribution in [0.2, 0.25) is 0 Å². The van der Waals surface area contributed by atoms with Crippen LogP contribution in [0.15, 0.2) is 24.8 Å². The van der Waals surface area contributed by atoms with Crippen LogP contribution in [0.1, 0.15) is 35.2 Å². The van der Waals surface area contributed by atoms with Crippen LogP contribution in [0, 0.1) is 0 Å². The Morgan fingerprint density at radius 2 is 2.23 bits per heavy atom. The second kappa shape index (κ2) is 10.2. The van der Waals surface area contributed by atoms with Crippen LogP contribution in [-0.2, 0) is 6.42 Å². The van der Waals surface area contributed by atoms with Crippen molar-refractivity contribution < 1.29 is 18.7 Å². The van der Waals surface area contributed by atoms with Crippen molar-refractivity contribution >= 4 is 5.91 Å². The van der Waals surface area contributed by atoms with Gasteiger partial charge >= 0.3 is 0 Å². The molecule has 1 saturated heterocycles. The first-order valence-corrected chi connectivity index (χ1v) is 9.08. The number of alkyl halides is 1. The molecule has 1 amide bonds. The van der Waals surface area contributed by atoms with E-state index in [1.165, 1.54) is 14.2 Å². The molecule has 1 aliphatic rings. The van der Waals surface area contributed by atoms with Crippen molar-refractivity contribution in [1.29, 1.82) is 0 Å². The summed E-state index contributed by atoms with van der Waals surface area (Å²) in [4.78, 5) is 15.1. The Hall–Kier alpha value is -2.08. The van der Waals surface area contributed by atoms with Gasteiger partial charge in [-0.15, -0.1) is 6.58 Å². The third-order valence-electron chi connectivity index (χ3n) is 4.74. The predicted molar refractivity (Wildman–Crippen MR) is 101 cm³/mol. The molecule has 1 aromatic carbocycles. The number of nitrogens with zero attached hydrogens (tertiary/aromatic N) is 1. The van der Waals surface area contributed by atoms with E-state index in [-0.39, 0.29) is 5.91 Å². The van der Waals surface area contributed by atoms with Gasteiger partial charge in [0, 0.05) is 19.1 Å². The minimum absolute atomic E-state index is 0.201. The molecule has 26 heavy (non-hydrogen) atoms. The number of carbonyl (C=O) groups is 1. The Morgan fingerprint density at radius 1 is 1.42 bits per heavy atom. The van der Waals surface area contributed by atoms with Gasteiger partial charge in [-0.1, -0.05) is 6.08 Å². The molecule has 1 unspecified atom stereocenters. The molecule has 5 nitrogen and oxygen atoms in total. The minimum Gasteiger partial charge on any atom is -0.493 e. The Kier molecular flexibility index (Phi) is 7.91. The first-order chi connectivity index (χ1) is 12.6. The summed E-state index contributed by atoms with van der Waals surface area (Å²) in [6.45, 7) is 5.84. The lowest BCUT2D eigenvalue weighted by Gasteiger charge is -2.23. The highest BCUT2D eigenvalue weighted by molar-refractivity contribution is 5.98. The normalized spacial score (nSPS) is 17.1. The van der Waals surface area contributed by atoms with Gasteiger partial charge in [-0.2, -0.15) is 0 Å². The number of halogens is 1. The van der Waals surface area contributed by atoms with Crippen molar-refractivity contribution in [2.45, 2.75) is 31.7 Å². The van der Waals surface area contributed by atoms with Crippen molar-refractivity contribution in [3.8, 4) is 11.5 Å². The zero-order chi connectivity index (χ0) is 18.9. The SMILES string of the molecule is C=CCN1CCCC1CNC(=O)c1cc(CCCF)cc(OC)c1OC. The van der Waals surface area contributed by atoms with Gasteiger partial charge in [-0.3, -0.25) is 14.1 Å². The van der Waals surface area contributed by atoms with Crippen LogP contribution in [0.5, 0.6) is 11.5 Å². The van der Waals surface area contributed by atoms with E-state index in [2.05, 4.69) is 16.8 Å². The van der Waals surface area contributed by atoms with E-state index in [0.29, 0.717) is 42.5 Å². The Morgan fingerprint density at radius 3 is 2.88 bits per heavy atom. The summed E-state index contributed by atoms with van der Waals surface area (Å²) < 4.78 is 23.3. The van der Waals surface area contributed by atoms with E-state index in [4.69, 9.17) is 9.47 Å². The van der Waals surface area contributed by atoms with Gasteiger partial charge in [0.2, 0.25) is 0 Å². The summed E-state index contributed by atoms with van der Waals surface area (Å²) in [6.07, 6.45) is 5.04. The van der Waals surface area contributed by atoms with E-state index in [1.54, 1.807) is 12.1 Å². The lowest BCUT2D eigenvalue weighted by atomic mass is 10.0. The number of benzene rings is 1. The third kappa shape index (κ3) is 4.97. The molecular formula is C20H29FN2O3. The van der Waals surface area contributed by atoms with Crippen LogP contribution in [0.25, 0.3) is 0 Å². The number of likely N-dealkylation sites (tertiary alicyclic amines) is 1. The molecule has 2 rings (SSSR count). The van der Waals surface area contributed by atoms with Gasteiger partial charge in [0.25, 0.3) is 5.91 Å². The average molecular weight is 364 g/mol. The fraction of sp³-hybridized carbons (Fsp3) is 0.550. The molecule has 6 heteroatoms. The van der Waals surface area contributed by atoms with Crippen LogP contribution >= 0.6 is 0 Å². The molecule has 0 saturated carbocycles. The third-order valence-corrected chi connectivity index (χ3v) is 4.74. The van der Waals surface area contributed by atoms with Gasteiger partial charge < -0.3 is 14.8 Å². The van der Waals surface area contributed by atoms with E-state index in [9.17, 15) is 9.18 Å². The largest absolute Gasteiger partial charge is 0.493 e. The van der Waals surface area contributed by atoms with E-state index < -0.39 is 6.67 Å². The van der Waals surface area contributed by atoms with Crippen LogP contribution < -0.4 is 14.8 Å². The Bertz CT molecular complexity index is 621. The van der Waals surface area contributed by atoms with E-state index in [0.717, 1.165) is 31.5 Å². The zero-order valence-corrected chi connectivity index (χ0v) is 15.7. The maximum Gasteiger partial charge on any atom is 0.255 e. The number of nitrogens with one attached hydrogen (secondary N) is 1. The molecule has 1 atom stereocenters. The lowest BCUT2D eigenvalue weighted by molar-refractivity contribution is 0.0938. The molecule has 144 valence electrons. The number of hydrogen-bond acceptors (Lipinski definition) is 4. The van der Waals surface area contributed by atoms with E-state index in [1.807, 2.05) is 6.08 Å². The highest BCUT2D eigenvalue weighted by Crippen LogP contribution is 2.33. The number of ether oxygens (including phenoxy) is 2. The number of carbonyl (C=O) groups excluding carboxylic acids is 1. The van der Waals surface area contributed by atoms with Crippen molar-refractivity contribution in [2.75, 3.05) is 40.5 Å². The summed E-state index contributed by atoms with van der Waals surface area (Å²) in [5.74, 6) is 0.694. The van der Waals surface area contributed by atoms with Crippen molar-refractivity contribution in [1.82, 2.24) is 10.2 Å². The molecule has 0 spiro atoms. The lowest BCUT2D eigenvalue weighted by Crippen LogP contribution is -2.40. The number of methoxy groups -OCH3 is 2. The molecule has 1 aromatic rings. The summed E-state index contributed by atoms with van der Waals surface area (Å²) in [5.41, 5.74) is 1.29. The highest BCUT2D eigenvalue weighted by Gasteiger charge is 2.25. The zero-order valence-electron chi connectivity index (χ0n) is 15.7. The topological polar surface area (TPSA) is 50.8 Å². The number of rotatable bonds is 10. The first kappa shape index (κ1) is 20.2. The molecule has 1 heterocycles. The maximum absolute atomic E-state index is 12.8. The first-order valence-electron chi connectivity index (χ1n) is 9.08. The van der Waals surface area contributed by atoms with Crippen molar-refractivity contribution in [2.24, 2.45) is 0 Å². The standard InChI is InChI=1S/C20H29FN2O3/c1-4-10-23-11-6-8-16(23)14-22-20(24)17-12-15(7-5-9-21)13-18(25-2)19(17)26-3/h4,12-13,16H,1,5-11,14H2,2-3H3,(H,22,24). The minimum atomic E-state index is -0.392. The molecule has 0 aliphatic carbocycles. The molecular weight excluding hydrogens is 335 g/mol. The average Bonchev–Trinajstić information content (AvgIpc) is 3.10. The number of hydrogen-bond donors (Lipinski definition) is 1. The fourth-order valence-corrected chi connectivity index (χ4v) is 3.44. The molecule has 1 fully saturated rings. The molecule has 0 bridgehead atoms. The molecule has 0 aromatic heterocycles. The number of aryl methyl sites for hydroxylation is 1. The fourth-order valence-electron chi connectivity index (χ4n) is 3.44. The maximum atomic E-state index is 12.8. The molecule has 1 N–H and O–H groups in total. The molecule has 1 aliphatic heterocycles. The van der Waals surface area contributed by atoms with Gasteiger partial charge in [-0.05, 0) is 49.9 Å². The van der Waals surface area contributed by atoms with Crippen LogP contribution in [-0.4, -0.2) is 57.4 Å². The Balaban J connectivity index is 2.14. The molecule has 0 radical (unpaired) electrons. The second-order valence-electron chi connectivity index (χ2n) is 6.46.